The third kappa shape index (κ3) is 4.54. The smallest absolute Gasteiger partial charge is 0.314 e. The molecule has 6 nitrogen and oxygen atoms in total. The maximum absolute atomic E-state index is 10.9. The fourth-order valence-electron chi connectivity index (χ4n) is 1.90. The summed E-state index contributed by atoms with van der Waals surface area (Å²) in [6.07, 6.45) is 3.88. The average molecular weight is 305 g/mol. The van der Waals surface area contributed by atoms with Gasteiger partial charge in [-0.2, -0.15) is 0 Å². The number of halogens is 1. The number of rotatable bonds is 7. The van der Waals surface area contributed by atoms with Gasteiger partial charge in [-0.25, -0.2) is 0 Å². The third-order valence-corrected chi connectivity index (χ3v) is 3.04. The molecule has 0 amide bonds. The summed E-state index contributed by atoms with van der Waals surface area (Å²) in [5, 5.41) is 20.5. The second-order valence-electron chi connectivity index (χ2n) is 4.45. The molecule has 0 aliphatic heterocycles. The van der Waals surface area contributed by atoms with E-state index in [1.807, 2.05) is 0 Å². The molecule has 0 fully saturated rings. The zero-order valence-corrected chi connectivity index (χ0v) is 12.5. The van der Waals surface area contributed by atoms with Gasteiger partial charge in [0.2, 0.25) is 5.75 Å². The van der Waals surface area contributed by atoms with Crippen LogP contribution in [0.4, 0.5) is 5.69 Å². The summed E-state index contributed by atoms with van der Waals surface area (Å²) in [6, 6.07) is 2.58. The minimum Gasteiger partial charge on any atom is -0.500 e. The Kier molecular flexibility index (Phi) is 7.94. The Bertz CT molecular complexity index is 454. The number of phenols is 1. The molecule has 1 aromatic rings. The fourth-order valence-corrected chi connectivity index (χ4v) is 1.90. The Morgan fingerprint density at radius 3 is 2.60 bits per heavy atom. The SMILES string of the molecule is CCCCC[C@@H](N)c1cc(OC)c(O)c([N+](=O)[O-])c1.Cl. The van der Waals surface area contributed by atoms with Gasteiger partial charge in [-0.3, -0.25) is 10.1 Å². The van der Waals surface area contributed by atoms with Crippen LogP contribution in [0.3, 0.4) is 0 Å². The number of methoxy groups -OCH3 is 1. The number of nitro groups is 1. The standard InChI is InChI=1S/C13H20N2O4.ClH/c1-3-4-5-6-10(14)9-7-11(15(17)18)13(16)12(8-9)19-2;/h7-8,10,16H,3-6,14H2,1-2H3;1H/t10-;/m1./s1. The van der Waals surface area contributed by atoms with Crippen LogP contribution in [0.5, 0.6) is 11.5 Å². The highest BCUT2D eigenvalue weighted by Gasteiger charge is 2.21. The highest BCUT2D eigenvalue weighted by atomic mass is 35.5. The normalized spacial score (nSPS) is 11.6. The Morgan fingerprint density at radius 1 is 1.45 bits per heavy atom. The molecule has 0 aliphatic rings. The molecule has 0 radical (unpaired) electrons. The number of hydrogen-bond donors (Lipinski definition) is 2. The van der Waals surface area contributed by atoms with Crippen molar-refractivity contribution in [1.29, 1.82) is 0 Å². The fraction of sp³-hybridized carbons (Fsp3) is 0.538. The minimum atomic E-state index is -0.639. The van der Waals surface area contributed by atoms with Crippen molar-refractivity contribution < 1.29 is 14.8 Å². The molecule has 7 heteroatoms. The first-order valence-electron chi connectivity index (χ1n) is 6.32. The minimum absolute atomic E-state index is 0. The van der Waals surface area contributed by atoms with Gasteiger partial charge in [0.15, 0.2) is 5.75 Å². The van der Waals surface area contributed by atoms with Crippen LogP contribution in [-0.2, 0) is 0 Å². The lowest BCUT2D eigenvalue weighted by atomic mass is 10.00. The molecule has 20 heavy (non-hydrogen) atoms. The van der Waals surface area contributed by atoms with Gasteiger partial charge < -0.3 is 15.6 Å². The maximum atomic E-state index is 10.9. The van der Waals surface area contributed by atoms with Crippen LogP contribution in [0.2, 0.25) is 0 Å². The highest BCUT2D eigenvalue weighted by Crippen LogP contribution is 2.38. The lowest BCUT2D eigenvalue weighted by Crippen LogP contribution is -2.11. The number of nitrogens with zero attached hydrogens (tertiary/aromatic N) is 1. The molecule has 0 saturated heterocycles. The first-order valence-corrected chi connectivity index (χ1v) is 6.32. The molecule has 0 aliphatic carbocycles. The van der Waals surface area contributed by atoms with Gasteiger partial charge in [0.05, 0.1) is 12.0 Å². The van der Waals surface area contributed by atoms with Gasteiger partial charge >= 0.3 is 5.69 Å². The van der Waals surface area contributed by atoms with Crippen LogP contribution in [0, 0.1) is 10.1 Å². The lowest BCUT2D eigenvalue weighted by molar-refractivity contribution is -0.386. The van der Waals surface area contributed by atoms with Gasteiger partial charge in [0.1, 0.15) is 0 Å². The van der Waals surface area contributed by atoms with Gasteiger partial charge in [-0.1, -0.05) is 26.2 Å². The summed E-state index contributed by atoms with van der Waals surface area (Å²) in [4.78, 5) is 10.2. The van der Waals surface area contributed by atoms with Crippen molar-refractivity contribution in [3.63, 3.8) is 0 Å². The van der Waals surface area contributed by atoms with Crippen LogP contribution in [0.25, 0.3) is 0 Å². The van der Waals surface area contributed by atoms with Gasteiger partial charge in [-0.15, -0.1) is 12.4 Å². The topological polar surface area (TPSA) is 98.6 Å². The van der Waals surface area contributed by atoms with E-state index in [1.165, 1.54) is 13.2 Å². The van der Waals surface area contributed by atoms with E-state index in [1.54, 1.807) is 6.07 Å². The van der Waals surface area contributed by atoms with Crippen LogP contribution < -0.4 is 10.5 Å². The summed E-state index contributed by atoms with van der Waals surface area (Å²) in [5.74, 6) is -0.382. The number of hydrogen-bond acceptors (Lipinski definition) is 5. The number of phenolic OH excluding ortho intramolecular Hbond substituents is 1. The molecule has 0 aromatic heterocycles. The molecule has 0 bridgehead atoms. The summed E-state index contributed by atoms with van der Waals surface area (Å²) in [6.45, 7) is 2.10. The van der Waals surface area contributed by atoms with Crippen LogP contribution in [0.1, 0.15) is 44.2 Å². The number of benzene rings is 1. The summed E-state index contributed by atoms with van der Waals surface area (Å²) < 4.78 is 4.94. The molecule has 0 heterocycles. The summed E-state index contributed by atoms with van der Waals surface area (Å²) in [7, 11) is 1.35. The predicted octanol–water partition coefficient (Wildman–Crippen LogP) is 3.31. The molecule has 0 saturated carbocycles. The summed E-state index contributed by atoms with van der Waals surface area (Å²) >= 11 is 0. The molecule has 0 unspecified atom stereocenters. The van der Waals surface area contributed by atoms with Crippen LogP contribution in [-0.4, -0.2) is 17.1 Å². The molecular weight excluding hydrogens is 284 g/mol. The second kappa shape index (κ2) is 8.60. The van der Waals surface area contributed by atoms with Crippen molar-refractivity contribution in [1.82, 2.24) is 0 Å². The molecule has 1 rings (SSSR count). The van der Waals surface area contributed by atoms with E-state index in [0.717, 1.165) is 25.7 Å². The van der Waals surface area contributed by atoms with Crippen LogP contribution in [0.15, 0.2) is 12.1 Å². The quantitative estimate of drug-likeness (QED) is 0.457. The zero-order valence-electron chi connectivity index (χ0n) is 11.7. The largest absolute Gasteiger partial charge is 0.500 e. The van der Waals surface area contributed by atoms with Crippen molar-refractivity contribution in [2.24, 2.45) is 5.73 Å². The Hall–Kier alpha value is -1.53. The van der Waals surface area contributed by atoms with E-state index in [4.69, 9.17) is 10.5 Å². The predicted molar refractivity (Wildman–Crippen MR) is 79.6 cm³/mol. The number of ether oxygens (including phenoxy) is 1. The Balaban J connectivity index is 0.00000361. The molecule has 0 spiro atoms. The molecule has 3 N–H and O–H groups in total. The van der Waals surface area contributed by atoms with Crippen molar-refractivity contribution in [3.8, 4) is 11.5 Å². The van der Waals surface area contributed by atoms with Gasteiger partial charge in [-0.05, 0) is 18.1 Å². The van der Waals surface area contributed by atoms with Crippen molar-refractivity contribution >= 4 is 18.1 Å². The molecule has 1 aromatic carbocycles. The van der Waals surface area contributed by atoms with Gasteiger partial charge in [0, 0.05) is 12.1 Å². The van der Waals surface area contributed by atoms with E-state index in [9.17, 15) is 15.2 Å². The number of nitrogens with two attached hydrogens (primary N) is 1. The van der Waals surface area contributed by atoms with E-state index in [-0.39, 0.29) is 29.9 Å². The lowest BCUT2D eigenvalue weighted by Gasteiger charge is -2.13. The van der Waals surface area contributed by atoms with E-state index in [0.29, 0.717) is 5.56 Å². The monoisotopic (exact) mass is 304 g/mol. The van der Waals surface area contributed by atoms with E-state index >= 15 is 0 Å². The third-order valence-electron chi connectivity index (χ3n) is 3.04. The number of unbranched alkanes of at least 4 members (excludes halogenated alkanes) is 2. The average Bonchev–Trinajstić information content (AvgIpc) is 2.38. The van der Waals surface area contributed by atoms with E-state index < -0.39 is 10.7 Å². The number of nitro benzene ring substituents is 1. The highest BCUT2D eigenvalue weighted by molar-refractivity contribution is 5.85. The van der Waals surface area contributed by atoms with Crippen molar-refractivity contribution in [2.45, 2.75) is 38.6 Å². The maximum Gasteiger partial charge on any atom is 0.314 e. The van der Waals surface area contributed by atoms with Crippen molar-refractivity contribution in [3.05, 3.63) is 27.8 Å². The molecule has 114 valence electrons. The molecule has 1 atom stereocenters. The first kappa shape index (κ1) is 18.5. The second-order valence-corrected chi connectivity index (χ2v) is 4.45. The van der Waals surface area contributed by atoms with E-state index in [2.05, 4.69) is 6.92 Å². The van der Waals surface area contributed by atoms with Gasteiger partial charge in [0.25, 0.3) is 0 Å². The summed E-state index contributed by atoms with van der Waals surface area (Å²) in [5.41, 5.74) is 6.25. The Labute approximate surface area is 124 Å². The number of aromatic hydroxyl groups is 1. The molecular formula is C13H21ClN2O4. The first-order chi connectivity index (χ1) is 9.01. The van der Waals surface area contributed by atoms with Crippen molar-refractivity contribution in [2.75, 3.05) is 7.11 Å². The van der Waals surface area contributed by atoms with Crippen LogP contribution >= 0.6 is 12.4 Å². The zero-order chi connectivity index (χ0) is 14.4. The Morgan fingerprint density at radius 2 is 2.10 bits per heavy atom.